The van der Waals surface area contributed by atoms with Gasteiger partial charge in [-0.25, -0.2) is 0 Å². The Labute approximate surface area is 126 Å². The van der Waals surface area contributed by atoms with Gasteiger partial charge in [0.2, 0.25) is 0 Å². The number of rotatable bonds is 2. The first-order valence-corrected chi connectivity index (χ1v) is 7.91. The van der Waals surface area contributed by atoms with Crippen LogP contribution >= 0.6 is 12.2 Å². The van der Waals surface area contributed by atoms with Crippen LogP contribution in [0.4, 0.5) is 5.69 Å². The fraction of sp³-hybridized carbons (Fsp3) is 0.562. The van der Waals surface area contributed by atoms with E-state index in [1.54, 1.807) is 0 Å². The summed E-state index contributed by atoms with van der Waals surface area (Å²) in [4.78, 5) is 2.24. The summed E-state index contributed by atoms with van der Waals surface area (Å²) >= 11 is 5.58. The molecule has 20 heavy (non-hydrogen) atoms. The number of fused-ring (bicyclic) bond motifs is 1. The molecular weight excluding hydrogens is 268 g/mol. The van der Waals surface area contributed by atoms with Gasteiger partial charge < -0.3 is 15.0 Å². The molecule has 0 bridgehead atoms. The maximum atomic E-state index is 5.64. The van der Waals surface area contributed by atoms with Gasteiger partial charge in [-0.3, -0.25) is 0 Å². The second-order valence-electron chi connectivity index (χ2n) is 5.71. The molecule has 1 aromatic rings. The Kier molecular flexibility index (Phi) is 4.22. The highest BCUT2D eigenvalue weighted by molar-refractivity contribution is 7.80. The van der Waals surface area contributed by atoms with Crippen molar-refractivity contribution in [3.63, 3.8) is 0 Å². The third-order valence-electron chi connectivity index (χ3n) is 4.10. The lowest BCUT2D eigenvalue weighted by Crippen LogP contribution is -2.45. The normalized spacial score (nSPS) is 21.6. The zero-order valence-electron chi connectivity index (χ0n) is 12.0. The minimum absolute atomic E-state index is 0.329. The van der Waals surface area contributed by atoms with E-state index in [1.807, 2.05) is 0 Å². The average Bonchev–Trinajstić information content (AvgIpc) is 2.97. The van der Waals surface area contributed by atoms with E-state index < -0.39 is 0 Å². The van der Waals surface area contributed by atoms with Crippen molar-refractivity contribution in [2.45, 2.75) is 38.7 Å². The SMILES string of the molecule is Cc1ccc2c(c1)CCCN2C(=S)NCC1CCCO1. The van der Waals surface area contributed by atoms with Crippen LogP contribution in [0.25, 0.3) is 0 Å². The molecule has 1 atom stereocenters. The van der Waals surface area contributed by atoms with Crippen LogP contribution in [0.5, 0.6) is 0 Å². The van der Waals surface area contributed by atoms with E-state index in [2.05, 4.69) is 35.3 Å². The fourth-order valence-corrected chi connectivity index (χ4v) is 3.31. The quantitative estimate of drug-likeness (QED) is 0.847. The Morgan fingerprint density at radius 2 is 2.35 bits per heavy atom. The molecule has 1 unspecified atom stereocenters. The molecule has 1 fully saturated rings. The number of benzene rings is 1. The van der Waals surface area contributed by atoms with Crippen LogP contribution in [0.1, 0.15) is 30.4 Å². The highest BCUT2D eigenvalue weighted by atomic mass is 32.1. The molecule has 108 valence electrons. The van der Waals surface area contributed by atoms with Gasteiger partial charge in [0.05, 0.1) is 6.10 Å². The summed E-state index contributed by atoms with van der Waals surface area (Å²) in [5, 5.41) is 4.22. The maximum Gasteiger partial charge on any atom is 0.173 e. The molecule has 2 aliphatic heterocycles. The summed E-state index contributed by atoms with van der Waals surface area (Å²) < 4.78 is 5.64. The molecule has 0 aromatic heterocycles. The van der Waals surface area contributed by atoms with Gasteiger partial charge in [-0.2, -0.15) is 0 Å². The lowest BCUT2D eigenvalue weighted by Gasteiger charge is -2.32. The van der Waals surface area contributed by atoms with Gasteiger partial charge in [0, 0.05) is 25.4 Å². The van der Waals surface area contributed by atoms with Crippen LogP contribution in [0, 0.1) is 6.92 Å². The van der Waals surface area contributed by atoms with Crippen molar-refractivity contribution >= 4 is 23.0 Å². The number of nitrogens with one attached hydrogen (secondary N) is 1. The van der Waals surface area contributed by atoms with E-state index in [0.717, 1.165) is 44.1 Å². The predicted octanol–water partition coefficient (Wildman–Crippen LogP) is 2.80. The lowest BCUT2D eigenvalue weighted by atomic mass is 10.00. The average molecular weight is 290 g/mol. The van der Waals surface area contributed by atoms with Crippen LogP contribution < -0.4 is 10.2 Å². The zero-order valence-corrected chi connectivity index (χ0v) is 12.8. The number of ether oxygens (including phenoxy) is 1. The number of thiocarbonyl (C=S) groups is 1. The first-order chi connectivity index (χ1) is 9.74. The molecule has 2 aliphatic rings. The van der Waals surface area contributed by atoms with Crippen molar-refractivity contribution in [2.24, 2.45) is 0 Å². The molecule has 3 rings (SSSR count). The van der Waals surface area contributed by atoms with Gasteiger partial charge in [0.1, 0.15) is 0 Å². The summed E-state index contributed by atoms with van der Waals surface area (Å²) in [6.45, 7) is 4.88. The summed E-state index contributed by atoms with van der Waals surface area (Å²) in [6, 6.07) is 6.65. The topological polar surface area (TPSA) is 24.5 Å². The van der Waals surface area contributed by atoms with E-state index in [1.165, 1.54) is 23.2 Å². The summed E-state index contributed by atoms with van der Waals surface area (Å²) in [6.07, 6.45) is 4.96. The Hall–Kier alpha value is -1.13. The Balaban J connectivity index is 1.66. The van der Waals surface area contributed by atoms with Crippen molar-refractivity contribution < 1.29 is 4.74 Å². The first kappa shape index (κ1) is 13.8. The molecule has 3 nitrogen and oxygen atoms in total. The maximum absolute atomic E-state index is 5.64. The summed E-state index contributed by atoms with van der Waals surface area (Å²) in [7, 11) is 0. The van der Waals surface area contributed by atoms with Crippen molar-refractivity contribution in [1.82, 2.24) is 5.32 Å². The van der Waals surface area contributed by atoms with Crippen LogP contribution in [-0.4, -0.2) is 30.9 Å². The minimum Gasteiger partial charge on any atom is -0.376 e. The Morgan fingerprint density at radius 1 is 1.45 bits per heavy atom. The molecule has 0 spiro atoms. The van der Waals surface area contributed by atoms with Crippen LogP contribution in [0.3, 0.4) is 0 Å². The number of aryl methyl sites for hydroxylation is 2. The van der Waals surface area contributed by atoms with Gasteiger partial charge in [-0.15, -0.1) is 0 Å². The van der Waals surface area contributed by atoms with E-state index in [0.29, 0.717) is 6.10 Å². The summed E-state index contributed by atoms with van der Waals surface area (Å²) in [5.41, 5.74) is 4.01. The summed E-state index contributed by atoms with van der Waals surface area (Å²) in [5.74, 6) is 0. The van der Waals surface area contributed by atoms with Crippen molar-refractivity contribution in [3.8, 4) is 0 Å². The lowest BCUT2D eigenvalue weighted by molar-refractivity contribution is 0.114. The standard InChI is InChI=1S/C16H22N2OS/c1-12-6-7-15-13(10-12)4-2-8-18(15)16(20)17-11-14-5-3-9-19-14/h6-7,10,14H,2-5,8-9,11H2,1H3,(H,17,20). The van der Waals surface area contributed by atoms with Crippen LogP contribution in [0.2, 0.25) is 0 Å². The van der Waals surface area contributed by atoms with Gasteiger partial charge in [0.25, 0.3) is 0 Å². The largest absolute Gasteiger partial charge is 0.376 e. The molecule has 1 N–H and O–H groups in total. The smallest absolute Gasteiger partial charge is 0.173 e. The number of nitrogens with zero attached hydrogens (tertiary/aromatic N) is 1. The van der Waals surface area contributed by atoms with E-state index >= 15 is 0 Å². The molecule has 0 radical (unpaired) electrons. The molecule has 1 saturated heterocycles. The molecule has 0 saturated carbocycles. The van der Waals surface area contributed by atoms with Gasteiger partial charge in [-0.1, -0.05) is 17.7 Å². The minimum atomic E-state index is 0.329. The van der Waals surface area contributed by atoms with Crippen LogP contribution in [-0.2, 0) is 11.2 Å². The predicted molar refractivity (Wildman–Crippen MR) is 86.4 cm³/mol. The van der Waals surface area contributed by atoms with Gasteiger partial charge >= 0.3 is 0 Å². The highest BCUT2D eigenvalue weighted by Gasteiger charge is 2.21. The van der Waals surface area contributed by atoms with Gasteiger partial charge in [-0.05, 0) is 56.5 Å². The molecule has 2 heterocycles. The van der Waals surface area contributed by atoms with Crippen LogP contribution in [0.15, 0.2) is 18.2 Å². The molecular formula is C16H22N2OS. The number of anilines is 1. The highest BCUT2D eigenvalue weighted by Crippen LogP contribution is 2.28. The molecule has 1 aromatic carbocycles. The third kappa shape index (κ3) is 2.96. The van der Waals surface area contributed by atoms with E-state index in [4.69, 9.17) is 17.0 Å². The fourth-order valence-electron chi connectivity index (χ4n) is 3.04. The molecule has 4 heteroatoms. The Morgan fingerprint density at radius 3 is 3.15 bits per heavy atom. The van der Waals surface area contributed by atoms with Crippen molar-refractivity contribution in [1.29, 1.82) is 0 Å². The van der Waals surface area contributed by atoms with E-state index in [9.17, 15) is 0 Å². The number of hydrogen-bond acceptors (Lipinski definition) is 2. The van der Waals surface area contributed by atoms with E-state index in [-0.39, 0.29) is 0 Å². The Bertz CT molecular complexity index is 497. The van der Waals surface area contributed by atoms with Crippen molar-refractivity contribution in [3.05, 3.63) is 29.3 Å². The zero-order chi connectivity index (χ0) is 13.9. The van der Waals surface area contributed by atoms with Gasteiger partial charge in [0.15, 0.2) is 5.11 Å². The molecule has 0 aliphatic carbocycles. The van der Waals surface area contributed by atoms with Crippen molar-refractivity contribution in [2.75, 3.05) is 24.6 Å². The second-order valence-corrected chi connectivity index (χ2v) is 6.10. The number of hydrogen-bond donors (Lipinski definition) is 1. The second kappa shape index (κ2) is 6.10. The monoisotopic (exact) mass is 290 g/mol. The molecule has 0 amide bonds. The third-order valence-corrected chi connectivity index (χ3v) is 4.47. The first-order valence-electron chi connectivity index (χ1n) is 7.50.